The maximum Gasteiger partial charge on any atom is 0.311 e. The average molecular weight is 429 g/mol. The molecule has 1 N–H and O–H groups in total. The van der Waals surface area contributed by atoms with E-state index < -0.39 is 0 Å². The summed E-state index contributed by atoms with van der Waals surface area (Å²) in [6.45, 7) is 3.58. The van der Waals surface area contributed by atoms with Gasteiger partial charge in [-0.25, -0.2) is 15.0 Å². The van der Waals surface area contributed by atoms with Crippen LogP contribution in [0.4, 0.5) is 5.13 Å². The van der Waals surface area contributed by atoms with Gasteiger partial charge in [0.2, 0.25) is 23.4 Å². The van der Waals surface area contributed by atoms with E-state index in [0.717, 1.165) is 0 Å². The number of amides is 1. The molecule has 0 aliphatic carbocycles. The number of nitrogens with one attached hydrogen (secondary N) is 1. The second kappa shape index (κ2) is 9.05. The Balaban J connectivity index is 1.23. The molecule has 4 rings (SSSR count). The number of likely N-dealkylation sites (tertiary alicyclic amines) is 1. The highest BCUT2D eigenvalue weighted by atomic mass is 32.1. The topological polar surface area (TPSA) is 136 Å². The van der Waals surface area contributed by atoms with Crippen LogP contribution in [0.3, 0.4) is 0 Å². The van der Waals surface area contributed by atoms with Gasteiger partial charge in [-0.2, -0.15) is 4.98 Å². The predicted molar refractivity (Wildman–Crippen MR) is 106 cm³/mol. The number of hydrogen-bond donors (Lipinski definition) is 1. The summed E-state index contributed by atoms with van der Waals surface area (Å²) in [6, 6.07) is 1.71. The summed E-state index contributed by atoms with van der Waals surface area (Å²) in [5, 5.41) is 8.86. The number of anilines is 1. The maximum atomic E-state index is 12.2. The van der Waals surface area contributed by atoms with Crippen molar-refractivity contribution in [2.24, 2.45) is 0 Å². The van der Waals surface area contributed by atoms with E-state index in [1.165, 1.54) is 11.3 Å². The Bertz CT molecular complexity index is 1020. The molecule has 1 fully saturated rings. The Morgan fingerprint density at radius 3 is 2.83 bits per heavy atom. The first-order chi connectivity index (χ1) is 14.6. The summed E-state index contributed by atoms with van der Waals surface area (Å²) in [5.74, 6) is 0.833. The van der Waals surface area contributed by atoms with Gasteiger partial charge in [-0.15, -0.1) is 11.3 Å². The number of thiazole rings is 1. The standard InChI is InChI=1S/C18H19N7O4S/c1-2-28-14(27)6-12-10-30-18(21-12)22-13(26)9-25-7-11(8-25)17-23-16(24-29-17)15-19-4-3-5-20-15/h3-5,10-11H,2,6-9H2,1H3,(H,21,22,26). The Morgan fingerprint density at radius 1 is 1.27 bits per heavy atom. The number of hydrogen-bond acceptors (Lipinski definition) is 11. The number of nitrogens with zero attached hydrogens (tertiary/aromatic N) is 6. The van der Waals surface area contributed by atoms with Crippen molar-refractivity contribution in [3.8, 4) is 11.6 Å². The van der Waals surface area contributed by atoms with Gasteiger partial charge in [-0.1, -0.05) is 5.16 Å². The van der Waals surface area contributed by atoms with Crippen molar-refractivity contribution < 1.29 is 18.8 Å². The van der Waals surface area contributed by atoms with Crippen molar-refractivity contribution >= 4 is 28.3 Å². The van der Waals surface area contributed by atoms with Crippen LogP contribution in [0.5, 0.6) is 0 Å². The highest BCUT2D eigenvalue weighted by Gasteiger charge is 2.34. The van der Waals surface area contributed by atoms with Crippen LogP contribution in [0, 0.1) is 0 Å². The normalized spacial score (nSPS) is 14.3. The number of esters is 1. The molecule has 30 heavy (non-hydrogen) atoms. The van der Waals surface area contributed by atoms with Crippen LogP contribution in [-0.4, -0.2) is 68.1 Å². The molecule has 0 unspecified atom stereocenters. The van der Waals surface area contributed by atoms with Gasteiger partial charge in [0.1, 0.15) is 0 Å². The first-order valence-corrected chi connectivity index (χ1v) is 10.2. The average Bonchev–Trinajstić information content (AvgIpc) is 3.35. The molecule has 0 bridgehead atoms. The van der Waals surface area contributed by atoms with Crippen LogP contribution < -0.4 is 5.32 Å². The smallest absolute Gasteiger partial charge is 0.311 e. The molecule has 0 atom stereocenters. The largest absolute Gasteiger partial charge is 0.466 e. The molecule has 3 aromatic rings. The molecular formula is C18H19N7O4S. The lowest BCUT2D eigenvalue weighted by Crippen LogP contribution is -2.48. The number of ether oxygens (including phenoxy) is 1. The number of aromatic nitrogens is 5. The molecule has 1 aliphatic rings. The van der Waals surface area contributed by atoms with Crippen molar-refractivity contribution in [1.29, 1.82) is 0 Å². The molecule has 1 saturated heterocycles. The van der Waals surface area contributed by atoms with Crippen LogP contribution in [-0.2, 0) is 20.7 Å². The molecule has 3 aromatic heterocycles. The molecule has 0 radical (unpaired) electrons. The van der Waals surface area contributed by atoms with E-state index in [1.54, 1.807) is 30.8 Å². The Kier molecular flexibility index (Phi) is 6.05. The molecule has 12 heteroatoms. The fraction of sp³-hybridized carbons (Fsp3) is 0.389. The van der Waals surface area contributed by atoms with E-state index in [0.29, 0.717) is 48.1 Å². The summed E-state index contributed by atoms with van der Waals surface area (Å²) in [5.41, 5.74) is 0.576. The Labute approximate surface area is 175 Å². The molecule has 1 amide bonds. The molecular weight excluding hydrogens is 410 g/mol. The zero-order valence-corrected chi connectivity index (χ0v) is 17.0. The number of carbonyl (C=O) groups excluding carboxylic acids is 2. The lowest BCUT2D eigenvalue weighted by molar-refractivity contribution is -0.142. The minimum absolute atomic E-state index is 0.0683. The summed E-state index contributed by atoms with van der Waals surface area (Å²) < 4.78 is 10.2. The van der Waals surface area contributed by atoms with Gasteiger partial charge in [0.25, 0.3) is 0 Å². The van der Waals surface area contributed by atoms with Crippen molar-refractivity contribution in [3.05, 3.63) is 35.4 Å². The first kappa shape index (κ1) is 20.0. The Morgan fingerprint density at radius 2 is 2.07 bits per heavy atom. The number of carbonyl (C=O) groups is 2. The lowest BCUT2D eigenvalue weighted by Gasteiger charge is -2.36. The minimum Gasteiger partial charge on any atom is -0.466 e. The van der Waals surface area contributed by atoms with Crippen molar-refractivity contribution in [2.45, 2.75) is 19.3 Å². The molecule has 4 heterocycles. The van der Waals surface area contributed by atoms with Crippen molar-refractivity contribution in [1.82, 2.24) is 30.0 Å². The van der Waals surface area contributed by atoms with E-state index in [1.807, 2.05) is 4.90 Å². The van der Waals surface area contributed by atoms with E-state index in [-0.39, 0.29) is 30.8 Å². The molecule has 0 spiro atoms. The van der Waals surface area contributed by atoms with E-state index >= 15 is 0 Å². The zero-order valence-electron chi connectivity index (χ0n) is 16.1. The first-order valence-electron chi connectivity index (χ1n) is 9.34. The van der Waals surface area contributed by atoms with E-state index in [4.69, 9.17) is 9.26 Å². The Hall–Kier alpha value is -3.25. The zero-order chi connectivity index (χ0) is 20.9. The summed E-state index contributed by atoms with van der Waals surface area (Å²) in [4.78, 5) is 42.5. The highest BCUT2D eigenvalue weighted by Crippen LogP contribution is 2.26. The molecule has 0 saturated carbocycles. The van der Waals surface area contributed by atoms with Gasteiger partial charge in [0, 0.05) is 30.9 Å². The van der Waals surface area contributed by atoms with Crippen LogP contribution in [0.15, 0.2) is 28.4 Å². The van der Waals surface area contributed by atoms with Gasteiger partial charge >= 0.3 is 5.97 Å². The summed E-state index contributed by atoms with van der Waals surface area (Å²) in [7, 11) is 0. The van der Waals surface area contributed by atoms with Gasteiger partial charge in [0.05, 0.1) is 31.2 Å². The van der Waals surface area contributed by atoms with Gasteiger partial charge in [-0.05, 0) is 13.0 Å². The predicted octanol–water partition coefficient (Wildman–Crippen LogP) is 1.13. The third-order valence-corrected chi connectivity index (χ3v) is 5.12. The SMILES string of the molecule is CCOC(=O)Cc1csc(NC(=O)CN2CC(c3nc(-c4ncccn4)no3)C2)n1. The van der Waals surface area contributed by atoms with Crippen molar-refractivity contribution in [3.63, 3.8) is 0 Å². The molecule has 11 nitrogen and oxygen atoms in total. The van der Waals surface area contributed by atoms with Gasteiger partial charge in [-0.3, -0.25) is 14.5 Å². The highest BCUT2D eigenvalue weighted by molar-refractivity contribution is 7.13. The fourth-order valence-corrected chi connectivity index (χ4v) is 3.66. The molecule has 0 aromatic carbocycles. The second-order valence-electron chi connectivity index (χ2n) is 6.59. The van der Waals surface area contributed by atoms with Gasteiger partial charge < -0.3 is 14.6 Å². The third kappa shape index (κ3) is 4.83. The van der Waals surface area contributed by atoms with E-state index in [9.17, 15) is 9.59 Å². The lowest BCUT2D eigenvalue weighted by atomic mass is 10.0. The quantitative estimate of drug-likeness (QED) is 0.519. The summed E-state index contributed by atoms with van der Waals surface area (Å²) >= 11 is 1.27. The second-order valence-corrected chi connectivity index (χ2v) is 7.45. The van der Waals surface area contributed by atoms with Crippen LogP contribution in [0.2, 0.25) is 0 Å². The van der Waals surface area contributed by atoms with Crippen LogP contribution in [0.1, 0.15) is 24.4 Å². The fourth-order valence-electron chi connectivity index (χ4n) is 2.93. The monoisotopic (exact) mass is 429 g/mol. The van der Waals surface area contributed by atoms with Crippen LogP contribution in [0.25, 0.3) is 11.6 Å². The van der Waals surface area contributed by atoms with Crippen LogP contribution >= 0.6 is 11.3 Å². The van der Waals surface area contributed by atoms with Gasteiger partial charge in [0.15, 0.2) is 5.13 Å². The van der Waals surface area contributed by atoms with E-state index in [2.05, 4.69) is 30.4 Å². The number of rotatable bonds is 8. The third-order valence-electron chi connectivity index (χ3n) is 4.31. The maximum absolute atomic E-state index is 12.2. The molecule has 156 valence electrons. The minimum atomic E-state index is -0.338. The molecule has 1 aliphatic heterocycles. The van der Waals surface area contributed by atoms with Crippen molar-refractivity contribution in [2.75, 3.05) is 31.6 Å². The summed E-state index contributed by atoms with van der Waals surface area (Å²) in [6.07, 6.45) is 3.32.